The van der Waals surface area contributed by atoms with E-state index in [-0.39, 0.29) is 18.4 Å². The Morgan fingerprint density at radius 2 is 1.30 bits per heavy atom. The highest BCUT2D eigenvalue weighted by molar-refractivity contribution is 6.19. The van der Waals surface area contributed by atoms with Crippen LogP contribution < -0.4 is 0 Å². The first kappa shape index (κ1) is 28.6. The Kier molecular flexibility index (Phi) is 7.77. The molecule has 0 aliphatic carbocycles. The van der Waals surface area contributed by atoms with Gasteiger partial charge in [-0.3, -0.25) is 9.59 Å². The number of carbonyl (C=O) groups excluding carboxylic acids is 3. The van der Waals surface area contributed by atoms with E-state index in [1.165, 1.54) is 13.8 Å². The Hall–Kier alpha value is -5.56. The molecule has 7 heteroatoms. The molecular weight excluding hydrogens is 552 g/mol. The van der Waals surface area contributed by atoms with Crippen LogP contribution in [0.15, 0.2) is 108 Å². The average Bonchev–Trinajstić information content (AvgIpc) is 3.33. The van der Waals surface area contributed by atoms with Crippen molar-refractivity contribution < 1.29 is 24.0 Å². The van der Waals surface area contributed by atoms with Crippen molar-refractivity contribution in [1.29, 1.82) is 0 Å². The number of carbonyl (C=O) groups is 3. The van der Waals surface area contributed by atoms with Gasteiger partial charge >= 0.3 is 11.9 Å². The minimum absolute atomic E-state index is 0.0772. The summed E-state index contributed by atoms with van der Waals surface area (Å²) in [6, 6.07) is 33.0. The molecule has 0 unspecified atom stereocenters. The summed E-state index contributed by atoms with van der Waals surface area (Å²) in [5, 5.41) is 8.08. The molecule has 0 spiro atoms. The average molecular weight is 583 g/mol. The number of aryl methyl sites for hydroxylation is 1. The second kappa shape index (κ2) is 12.0. The minimum Gasteiger partial charge on any atom is -0.464 e. The Bertz CT molecular complexity index is 2120. The zero-order chi connectivity index (χ0) is 30.8. The molecule has 5 aromatic carbocycles. The van der Waals surface area contributed by atoms with Crippen LogP contribution in [-0.2, 0) is 25.7 Å². The first-order valence-electron chi connectivity index (χ1n) is 14.3. The van der Waals surface area contributed by atoms with Crippen LogP contribution in [0.25, 0.3) is 32.6 Å². The molecule has 0 bridgehead atoms. The third-order valence-electron chi connectivity index (χ3n) is 7.70. The number of hydrogen-bond donors (Lipinski definition) is 0. The van der Waals surface area contributed by atoms with Crippen molar-refractivity contribution in [3.63, 3.8) is 0 Å². The minimum atomic E-state index is -0.518. The number of nitrogens with zero attached hydrogens (tertiary/aromatic N) is 2. The summed E-state index contributed by atoms with van der Waals surface area (Å²) in [6.07, 6.45) is 0. The van der Waals surface area contributed by atoms with E-state index in [4.69, 9.17) is 9.57 Å². The summed E-state index contributed by atoms with van der Waals surface area (Å²) >= 11 is 0. The Morgan fingerprint density at radius 1 is 0.682 bits per heavy atom. The number of oxime groups is 1. The SMILES string of the molecule is CC(=O)OCCn1c2ccc(C(=O)c3ccc4ccccc4c3)cc2c2cc(/C(=N/OC(C)=O)c3ccccc3C)ccc21. The van der Waals surface area contributed by atoms with E-state index in [2.05, 4.69) is 9.72 Å². The Labute approximate surface area is 254 Å². The molecule has 6 aromatic rings. The number of ether oxygens (including phenoxy) is 1. The second-order valence-corrected chi connectivity index (χ2v) is 10.7. The van der Waals surface area contributed by atoms with E-state index >= 15 is 0 Å². The number of esters is 1. The van der Waals surface area contributed by atoms with Crippen LogP contribution in [0.4, 0.5) is 0 Å². The summed E-state index contributed by atoms with van der Waals surface area (Å²) in [5.74, 6) is -0.941. The molecule has 6 rings (SSSR count). The Balaban J connectivity index is 1.51. The Morgan fingerprint density at radius 3 is 2.00 bits per heavy atom. The van der Waals surface area contributed by atoms with Gasteiger partial charge < -0.3 is 14.1 Å². The fraction of sp³-hybridized carbons (Fsp3) is 0.135. The predicted molar refractivity (Wildman–Crippen MR) is 172 cm³/mol. The largest absolute Gasteiger partial charge is 0.464 e. The molecule has 0 saturated carbocycles. The van der Waals surface area contributed by atoms with Gasteiger partial charge in [-0.2, -0.15) is 0 Å². The molecule has 44 heavy (non-hydrogen) atoms. The van der Waals surface area contributed by atoms with Crippen molar-refractivity contribution in [2.75, 3.05) is 6.61 Å². The van der Waals surface area contributed by atoms with E-state index < -0.39 is 5.97 Å². The van der Waals surface area contributed by atoms with E-state index in [1.54, 1.807) is 0 Å². The maximum atomic E-state index is 13.7. The van der Waals surface area contributed by atoms with E-state index in [9.17, 15) is 14.4 Å². The lowest BCUT2D eigenvalue weighted by atomic mass is 9.96. The monoisotopic (exact) mass is 582 g/mol. The normalized spacial score (nSPS) is 11.7. The molecular formula is C37H30N2O5. The van der Waals surface area contributed by atoms with Crippen molar-refractivity contribution in [2.24, 2.45) is 5.16 Å². The van der Waals surface area contributed by atoms with Gasteiger partial charge in [0.25, 0.3) is 0 Å². The van der Waals surface area contributed by atoms with Crippen molar-refractivity contribution in [1.82, 2.24) is 4.57 Å². The molecule has 218 valence electrons. The van der Waals surface area contributed by atoms with Crippen molar-refractivity contribution in [3.8, 4) is 0 Å². The van der Waals surface area contributed by atoms with Gasteiger partial charge in [0, 0.05) is 57.9 Å². The molecule has 0 N–H and O–H groups in total. The molecule has 0 fully saturated rings. The fourth-order valence-electron chi connectivity index (χ4n) is 5.62. The number of fused-ring (bicyclic) bond motifs is 4. The highest BCUT2D eigenvalue weighted by Crippen LogP contribution is 2.32. The molecule has 0 aliphatic heterocycles. The first-order chi connectivity index (χ1) is 21.3. The van der Waals surface area contributed by atoms with Crippen LogP contribution in [0, 0.1) is 6.92 Å². The third kappa shape index (κ3) is 5.60. The van der Waals surface area contributed by atoms with Gasteiger partial charge in [0.05, 0.1) is 6.54 Å². The van der Waals surface area contributed by atoms with Crippen LogP contribution in [0.1, 0.15) is 46.5 Å². The topological polar surface area (TPSA) is 87.0 Å². The molecule has 0 atom stereocenters. The van der Waals surface area contributed by atoms with Gasteiger partial charge in [-0.1, -0.05) is 71.9 Å². The lowest BCUT2D eigenvalue weighted by molar-refractivity contribution is -0.142. The van der Waals surface area contributed by atoms with Crippen molar-refractivity contribution >= 4 is 56.0 Å². The molecule has 0 saturated heterocycles. The second-order valence-electron chi connectivity index (χ2n) is 10.7. The lowest BCUT2D eigenvalue weighted by Crippen LogP contribution is -2.09. The zero-order valence-corrected chi connectivity index (χ0v) is 24.7. The van der Waals surface area contributed by atoms with Gasteiger partial charge in [0.2, 0.25) is 0 Å². The van der Waals surface area contributed by atoms with Gasteiger partial charge in [-0.15, -0.1) is 0 Å². The molecule has 0 aliphatic rings. The maximum absolute atomic E-state index is 13.7. The molecule has 0 radical (unpaired) electrons. The fourth-order valence-corrected chi connectivity index (χ4v) is 5.62. The van der Waals surface area contributed by atoms with Crippen molar-refractivity contribution in [3.05, 3.63) is 131 Å². The number of ketones is 1. The van der Waals surface area contributed by atoms with Crippen LogP contribution in [0.3, 0.4) is 0 Å². The smallest absolute Gasteiger partial charge is 0.332 e. The van der Waals surface area contributed by atoms with Crippen molar-refractivity contribution in [2.45, 2.75) is 27.3 Å². The summed E-state index contributed by atoms with van der Waals surface area (Å²) in [4.78, 5) is 42.1. The summed E-state index contributed by atoms with van der Waals surface area (Å²) < 4.78 is 7.36. The van der Waals surface area contributed by atoms with Gasteiger partial charge in [0.15, 0.2) is 5.78 Å². The van der Waals surface area contributed by atoms with E-state index in [1.807, 2.05) is 110 Å². The number of rotatable bonds is 8. The lowest BCUT2D eigenvalue weighted by Gasteiger charge is -2.11. The zero-order valence-electron chi connectivity index (χ0n) is 24.7. The summed E-state index contributed by atoms with van der Waals surface area (Å²) in [6.45, 7) is 5.31. The van der Waals surface area contributed by atoms with E-state index in [0.717, 1.165) is 49.3 Å². The van der Waals surface area contributed by atoms with Crippen LogP contribution in [-0.4, -0.2) is 34.6 Å². The van der Waals surface area contributed by atoms with Gasteiger partial charge in [0.1, 0.15) is 12.3 Å². The summed E-state index contributed by atoms with van der Waals surface area (Å²) in [5.41, 5.74) is 6.05. The number of benzene rings is 5. The third-order valence-corrected chi connectivity index (χ3v) is 7.70. The number of aromatic nitrogens is 1. The molecule has 7 nitrogen and oxygen atoms in total. The first-order valence-corrected chi connectivity index (χ1v) is 14.3. The van der Waals surface area contributed by atoms with E-state index in [0.29, 0.717) is 23.4 Å². The maximum Gasteiger partial charge on any atom is 0.332 e. The highest BCUT2D eigenvalue weighted by Gasteiger charge is 2.18. The standard InChI is InChI=1S/C37H30N2O5/c1-23-8-4-7-11-31(23)36(38-44-25(3)41)28-14-16-34-32(21-28)33-22-30(15-17-35(33)39(34)18-19-43-24(2)40)37(42)29-13-12-26-9-5-6-10-27(26)20-29/h4-17,20-22H,18-19H2,1-3H3/b38-36-. The molecule has 0 amide bonds. The number of hydrogen-bond acceptors (Lipinski definition) is 6. The van der Waals surface area contributed by atoms with Crippen LogP contribution in [0.5, 0.6) is 0 Å². The summed E-state index contributed by atoms with van der Waals surface area (Å²) in [7, 11) is 0. The van der Waals surface area contributed by atoms with Crippen LogP contribution >= 0.6 is 0 Å². The highest BCUT2D eigenvalue weighted by atomic mass is 16.7. The molecule has 1 heterocycles. The quantitative estimate of drug-likeness (QED) is 0.0615. The van der Waals surface area contributed by atoms with Gasteiger partial charge in [-0.25, -0.2) is 4.79 Å². The predicted octanol–water partition coefficient (Wildman–Crippen LogP) is 7.37. The van der Waals surface area contributed by atoms with Crippen LogP contribution in [0.2, 0.25) is 0 Å². The van der Waals surface area contributed by atoms with Gasteiger partial charge in [-0.05, 0) is 59.7 Å². The molecule has 1 aromatic heterocycles.